The van der Waals surface area contributed by atoms with E-state index in [0.29, 0.717) is 12.0 Å². The molecule has 1 aromatic rings. The first-order valence-electron chi connectivity index (χ1n) is 7.24. The van der Waals surface area contributed by atoms with Crippen molar-refractivity contribution in [1.82, 2.24) is 10.6 Å². The van der Waals surface area contributed by atoms with E-state index in [2.05, 4.69) is 24.5 Å². The first-order valence-corrected chi connectivity index (χ1v) is 7.24. The molecule has 2 atom stereocenters. The lowest BCUT2D eigenvalue weighted by Gasteiger charge is -2.22. The van der Waals surface area contributed by atoms with Crippen molar-refractivity contribution in [1.29, 1.82) is 0 Å². The van der Waals surface area contributed by atoms with E-state index in [-0.39, 0.29) is 24.2 Å². The number of amides is 1. The highest BCUT2D eigenvalue weighted by molar-refractivity contribution is 5.85. The van der Waals surface area contributed by atoms with E-state index in [1.165, 1.54) is 6.42 Å². The highest BCUT2D eigenvalue weighted by Crippen LogP contribution is 2.24. The summed E-state index contributed by atoms with van der Waals surface area (Å²) >= 11 is 0. The van der Waals surface area contributed by atoms with Crippen molar-refractivity contribution in [2.24, 2.45) is 5.92 Å². The van der Waals surface area contributed by atoms with Crippen LogP contribution in [0.25, 0.3) is 0 Å². The number of carbonyl (C=O) groups is 1. The van der Waals surface area contributed by atoms with Crippen molar-refractivity contribution in [3.05, 3.63) is 35.9 Å². The van der Waals surface area contributed by atoms with Gasteiger partial charge in [-0.2, -0.15) is 0 Å². The average Bonchev–Trinajstić information content (AvgIpc) is 2.90. The van der Waals surface area contributed by atoms with Crippen LogP contribution in [0.4, 0.5) is 0 Å². The van der Waals surface area contributed by atoms with Gasteiger partial charge in [0, 0.05) is 12.6 Å². The van der Waals surface area contributed by atoms with E-state index >= 15 is 0 Å². The standard InChI is InChI=1S/C16H24N2O.ClH/c1-12(2)15(13-7-4-3-5-8-13)16(19)18-11-14-9-6-10-17-14;/h3-5,7-8,12,14-15,17H,6,9-11H2,1-2H3,(H,18,19);1H. The van der Waals surface area contributed by atoms with Crippen LogP contribution in [0.5, 0.6) is 0 Å². The Morgan fingerprint density at radius 2 is 2.05 bits per heavy atom. The number of carbonyl (C=O) groups excluding carboxylic acids is 1. The zero-order valence-electron chi connectivity index (χ0n) is 12.3. The molecule has 0 spiro atoms. The zero-order chi connectivity index (χ0) is 13.7. The molecular formula is C16H25ClN2O. The minimum atomic E-state index is -0.0531. The molecule has 4 heteroatoms. The maximum atomic E-state index is 12.4. The molecule has 0 aliphatic carbocycles. The lowest BCUT2D eigenvalue weighted by molar-refractivity contribution is -0.123. The Kier molecular flexibility index (Phi) is 7.03. The molecule has 1 amide bonds. The van der Waals surface area contributed by atoms with Crippen molar-refractivity contribution < 1.29 is 4.79 Å². The minimum Gasteiger partial charge on any atom is -0.354 e. The molecule has 1 aromatic carbocycles. The summed E-state index contributed by atoms with van der Waals surface area (Å²) in [6, 6.07) is 10.5. The van der Waals surface area contributed by atoms with Crippen molar-refractivity contribution in [2.75, 3.05) is 13.1 Å². The van der Waals surface area contributed by atoms with Gasteiger partial charge in [-0.3, -0.25) is 4.79 Å². The quantitative estimate of drug-likeness (QED) is 0.877. The van der Waals surface area contributed by atoms with Gasteiger partial charge in [0.2, 0.25) is 5.91 Å². The highest BCUT2D eigenvalue weighted by atomic mass is 35.5. The minimum absolute atomic E-state index is 0. The lowest BCUT2D eigenvalue weighted by Crippen LogP contribution is -2.40. The summed E-state index contributed by atoms with van der Waals surface area (Å²) in [6.45, 7) is 6.03. The van der Waals surface area contributed by atoms with Gasteiger partial charge in [0.05, 0.1) is 5.92 Å². The summed E-state index contributed by atoms with van der Waals surface area (Å²) in [4.78, 5) is 12.4. The average molecular weight is 297 g/mol. The monoisotopic (exact) mass is 296 g/mol. The maximum Gasteiger partial charge on any atom is 0.227 e. The summed E-state index contributed by atoms with van der Waals surface area (Å²) in [5.74, 6) is 0.399. The predicted octanol–water partition coefficient (Wildman–Crippen LogP) is 2.72. The van der Waals surface area contributed by atoms with Crippen LogP contribution < -0.4 is 10.6 Å². The number of hydrogen-bond acceptors (Lipinski definition) is 2. The van der Waals surface area contributed by atoms with E-state index in [1.54, 1.807) is 0 Å². The van der Waals surface area contributed by atoms with E-state index < -0.39 is 0 Å². The van der Waals surface area contributed by atoms with Gasteiger partial charge in [0.1, 0.15) is 0 Å². The van der Waals surface area contributed by atoms with Crippen LogP contribution in [-0.4, -0.2) is 25.0 Å². The van der Waals surface area contributed by atoms with Crippen LogP contribution in [0, 0.1) is 5.92 Å². The summed E-state index contributed by atoms with van der Waals surface area (Å²) < 4.78 is 0. The van der Waals surface area contributed by atoms with Crippen molar-refractivity contribution >= 4 is 18.3 Å². The molecule has 1 aliphatic rings. The Balaban J connectivity index is 0.00000200. The van der Waals surface area contributed by atoms with Crippen LogP contribution >= 0.6 is 12.4 Å². The molecule has 1 aliphatic heterocycles. The fourth-order valence-electron chi connectivity index (χ4n) is 2.76. The smallest absolute Gasteiger partial charge is 0.227 e. The van der Waals surface area contributed by atoms with Crippen LogP contribution in [0.1, 0.15) is 38.2 Å². The third-order valence-corrected chi connectivity index (χ3v) is 3.79. The molecule has 3 nitrogen and oxygen atoms in total. The Morgan fingerprint density at radius 3 is 2.60 bits per heavy atom. The number of benzene rings is 1. The first kappa shape index (κ1) is 17.0. The van der Waals surface area contributed by atoms with Gasteiger partial charge < -0.3 is 10.6 Å². The fourth-order valence-corrected chi connectivity index (χ4v) is 2.76. The molecule has 2 unspecified atom stereocenters. The molecule has 2 N–H and O–H groups in total. The molecule has 1 heterocycles. The predicted molar refractivity (Wildman–Crippen MR) is 85.3 cm³/mol. The molecule has 1 fully saturated rings. The lowest BCUT2D eigenvalue weighted by atomic mass is 9.87. The molecule has 0 aromatic heterocycles. The fraction of sp³-hybridized carbons (Fsp3) is 0.562. The normalized spacial score (nSPS) is 19.4. The van der Waals surface area contributed by atoms with Gasteiger partial charge in [-0.05, 0) is 30.9 Å². The van der Waals surface area contributed by atoms with Crippen LogP contribution in [0.3, 0.4) is 0 Å². The topological polar surface area (TPSA) is 41.1 Å². The first-order chi connectivity index (χ1) is 9.18. The molecule has 2 rings (SSSR count). The molecule has 20 heavy (non-hydrogen) atoms. The van der Waals surface area contributed by atoms with Crippen molar-refractivity contribution in [3.63, 3.8) is 0 Å². The molecule has 0 saturated carbocycles. The summed E-state index contributed by atoms with van der Waals surface area (Å²) in [6.07, 6.45) is 2.38. The van der Waals surface area contributed by atoms with Gasteiger partial charge in [-0.1, -0.05) is 44.2 Å². The number of nitrogens with one attached hydrogen (secondary N) is 2. The van der Waals surface area contributed by atoms with E-state index in [9.17, 15) is 4.79 Å². The van der Waals surface area contributed by atoms with Crippen LogP contribution in [-0.2, 0) is 4.79 Å². The third-order valence-electron chi connectivity index (χ3n) is 3.79. The molecule has 112 valence electrons. The molecule has 1 saturated heterocycles. The number of rotatable bonds is 5. The van der Waals surface area contributed by atoms with Crippen molar-refractivity contribution in [3.8, 4) is 0 Å². The molecule has 0 radical (unpaired) electrons. The SMILES string of the molecule is CC(C)C(C(=O)NCC1CCCN1)c1ccccc1.Cl. The van der Waals surface area contributed by atoms with Crippen molar-refractivity contribution in [2.45, 2.75) is 38.6 Å². The van der Waals surface area contributed by atoms with E-state index in [4.69, 9.17) is 0 Å². The number of hydrogen-bond donors (Lipinski definition) is 2. The molecular weight excluding hydrogens is 272 g/mol. The highest BCUT2D eigenvalue weighted by Gasteiger charge is 2.24. The van der Waals surface area contributed by atoms with Gasteiger partial charge in [-0.15, -0.1) is 12.4 Å². The summed E-state index contributed by atoms with van der Waals surface area (Å²) in [5.41, 5.74) is 1.11. The van der Waals surface area contributed by atoms with Crippen LogP contribution in [0.2, 0.25) is 0 Å². The maximum absolute atomic E-state index is 12.4. The Hall–Kier alpha value is -1.06. The van der Waals surface area contributed by atoms with E-state index in [0.717, 1.165) is 25.1 Å². The largest absolute Gasteiger partial charge is 0.354 e. The van der Waals surface area contributed by atoms with Gasteiger partial charge in [-0.25, -0.2) is 0 Å². The second kappa shape index (κ2) is 8.28. The van der Waals surface area contributed by atoms with Gasteiger partial charge >= 0.3 is 0 Å². The zero-order valence-corrected chi connectivity index (χ0v) is 13.1. The molecule has 0 bridgehead atoms. The Bertz CT molecular complexity index is 402. The Morgan fingerprint density at radius 1 is 1.35 bits per heavy atom. The second-order valence-corrected chi connectivity index (χ2v) is 5.67. The summed E-state index contributed by atoms with van der Waals surface area (Å²) in [7, 11) is 0. The third kappa shape index (κ3) is 4.50. The Labute approximate surface area is 127 Å². The van der Waals surface area contributed by atoms with Gasteiger partial charge in [0.15, 0.2) is 0 Å². The van der Waals surface area contributed by atoms with Gasteiger partial charge in [0.25, 0.3) is 0 Å². The second-order valence-electron chi connectivity index (χ2n) is 5.67. The van der Waals surface area contributed by atoms with Crippen LogP contribution in [0.15, 0.2) is 30.3 Å². The van der Waals surface area contributed by atoms with E-state index in [1.807, 2.05) is 30.3 Å². The summed E-state index contributed by atoms with van der Waals surface area (Å²) in [5, 5.41) is 6.51. The number of halogens is 1.